The van der Waals surface area contributed by atoms with Crippen molar-refractivity contribution in [3.8, 4) is 11.6 Å². The van der Waals surface area contributed by atoms with Gasteiger partial charge in [-0.3, -0.25) is 9.63 Å². The van der Waals surface area contributed by atoms with Crippen molar-refractivity contribution < 1.29 is 14.4 Å². The Balaban J connectivity index is 1.62. The molecule has 2 aromatic heterocycles. The quantitative estimate of drug-likeness (QED) is 0.594. The number of aromatic nitrogens is 2. The molecule has 6 nitrogen and oxygen atoms in total. The molecule has 1 unspecified atom stereocenters. The van der Waals surface area contributed by atoms with Gasteiger partial charge < -0.3 is 4.74 Å². The van der Waals surface area contributed by atoms with Gasteiger partial charge >= 0.3 is 0 Å². The number of thiophene rings is 1. The molecule has 0 bridgehead atoms. The van der Waals surface area contributed by atoms with E-state index in [1.165, 1.54) is 23.5 Å². The Kier molecular flexibility index (Phi) is 5.70. The van der Waals surface area contributed by atoms with E-state index in [-0.39, 0.29) is 18.6 Å². The first kappa shape index (κ1) is 18.2. The Hall–Kier alpha value is -2.64. The molecule has 1 atom stereocenters. The van der Waals surface area contributed by atoms with Crippen LogP contribution in [0.25, 0.3) is 5.69 Å². The lowest BCUT2D eigenvalue weighted by atomic mass is 10.2. The Morgan fingerprint density at radius 2 is 2.04 bits per heavy atom. The number of hydroxylamine groups is 2. The average Bonchev–Trinajstić information content (AvgIpc) is 3.30. The maximum atomic E-state index is 12.6. The molecule has 0 aliphatic carbocycles. The van der Waals surface area contributed by atoms with Gasteiger partial charge in [0.2, 0.25) is 5.88 Å². The van der Waals surface area contributed by atoms with E-state index in [4.69, 9.17) is 9.57 Å². The van der Waals surface area contributed by atoms with Crippen molar-refractivity contribution in [3.05, 3.63) is 64.5 Å². The third kappa shape index (κ3) is 3.95. The fourth-order valence-electron chi connectivity index (χ4n) is 2.54. The summed E-state index contributed by atoms with van der Waals surface area (Å²) >= 11 is 1.41. The predicted octanol–water partition coefficient (Wildman–Crippen LogP) is 3.71. The molecule has 26 heavy (non-hydrogen) atoms. The van der Waals surface area contributed by atoms with Crippen LogP contribution in [0.5, 0.6) is 5.88 Å². The summed E-state index contributed by atoms with van der Waals surface area (Å²) in [6.07, 6.45) is 1.84. The van der Waals surface area contributed by atoms with Gasteiger partial charge in [-0.25, -0.2) is 9.75 Å². The summed E-state index contributed by atoms with van der Waals surface area (Å²) in [6, 6.07) is 13.2. The summed E-state index contributed by atoms with van der Waals surface area (Å²) in [5.41, 5.74) is 1.90. The smallest absolute Gasteiger partial charge is 0.288 e. The lowest BCUT2D eigenvalue weighted by molar-refractivity contribution is -0.125. The first-order valence-corrected chi connectivity index (χ1v) is 9.13. The third-order valence-corrected chi connectivity index (χ3v) is 4.92. The van der Waals surface area contributed by atoms with Crippen molar-refractivity contribution in [1.82, 2.24) is 14.8 Å². The molecular formula is C19H21N3O3S. The van der Waals surface area contributed by atoms with Gasteiger partial charge in [0.15, 0.2) is 0 Å². The largest absolute Gasteiger partial charge is 0.474 e. The molecule has 0 radical (unpaired) electrons. The van der Waals surface area contributed by atoms with Crippen LogP contribution in [0.3, 0.4) is 0 Å². The van der Waals surface area contributed by atoms with E-state index < -0.39 is 0 Å². The molecule has 0 saturated carbocycles. The molecule has 2 heterocycles. The van der Waals surface area contributed by atoms with Crippen LogP contribution in [0.2, 0.25) is 0 Å². The zero-order valence-corrected chi connectivity index (χ0v) is 15.8. The first-order valence-electron chi connectivity index (χ1n) is 8.26. The number of para-hydroxylation sites is 1. The highest BCUT2D eigenvalue weighted by molar-refractivity contribution is 7.12. The number of benzene rings is 1. The van der Waals surface area contributed by atoms with Gasteiger partial charge in [-0.1, -0.05) is 18.2 Å². The molecule has 3 aromatic rings. The van der Waals surface area contributed by atoms with Crippen LogP contribution in [-0.2, 0) is 4.84 Å². The number of carbonyl (C=O) groups excluding carboxylic acids is 1. The number of carbonyl (C=O) groups is 1. The molecule has 136 valence electrons. The highest BCUT2D eigenvalue weighted by Crippen LogP contribution is 2.20. The summed E-state index contributed by atoms with van der Waals surface area (Å²) in [4.78, 5) is 18.6. The molecule has 0 N–H and O–H groups in total. The van der Waals surface area contributed by atoms with E-state index >= 15 is 0 Å². The molecule has 1 aromatic carbocycles. The zero-order chi connectivity index (χ0) is 18.5. The van der Waals surface area contributed by atoms with Crippen LogP contribution < -0.4 is 4.74 Å². The molecule has 0 fully saturated rings. The SMILES string of the molecule is CON(C(=O)c1sccc1C)C(C)COc1ccn(-c2ccccc2)n1. The van der Waals surface area contributed by atoms with E-state index in [1.54, 1.807) is 10.7 Å². The number of ether oxygens (including phenoxy) is 1. The minimum atomic E-state index is -0.268. The first-order chi connectivity index (χ1) is 12.6. The minimum Gasteiger partial charge on any atom is -0.474 e. The number of amides is 1. The average molecular weight is 371 g/mol. The highest BCUT2D eigenvalue weighted by Gasteiger charge is 2.24. The molecular weight excluding hydrogens is 350 g/mol. The number of nitrogens with zero attached hydrogens (tertiary/aromatic N) is 3. The minimum absolute atomic E-state index is 0.161. The van der Waals surface area contributed by atoms with Gasteiger partial charge in [0.05, 0.1) is 23.7 Å². The second-order valence-electron chi connectivity index (χ2n) is 5.84. The van der Waals surface area contributed by atoms with Gasteiger partial charge in [-0.15, -0.1) is 16.4 Å². The van der Waals surface area contributed by atoms with Crippen LogP contribution >= 0.6 is 11.3 Å². The highest BCUT2D eigenvalue weighted by atomic mass is 32.1. The van der Waals surface area contributed by atoms with Crippen LogP contribution in [-0.4, -0.2) is 40.5 Å². The molecule has 0 saturated heterocycles. The van der Waals surface area contributed by atoms with Crippen molar-refractivity contribution >= 4 is 17.2 Å². The van der Waals surface area contributed by atoms with E-state index in [9.17, 15) is 4.79 Å². The number of hydrogen-bond acceptors (Lipinski definition) is 5. The molecule has 3 rings (SSSR count). The Morgan fingerprint density at radius 1 is 1.27 bits per heavy atom. The molecule has 0 spiro atoms. The third-order valence-electron chi connectivity index (χ3n) is 3.91. The van der Waals surface area contributed by atoms with Crippen LogP contribution in [0.4, 0.5) is 0 Å². The maximum Gasteiger partial charge on any atom is 0.288 e. The normalized spacial score (nSPS) is 12.0. The summed E-state index contributed by atoms with van der Waals surface area (Å²) in [5, 5.41) is 7.64. The van der Waals surface area contributed by atoms with Gasteiger partial charge in [0.1, 0.15) is 6.61 Å². The monoisotopic (exact) mass is 371 g/mol. The van der Waals surface area contributed by atoms with E-state index in [1.807, 2.05) is 61.8 Å². The van der Waals surface area contributed by atoms with E-state index in [2.05, 4.69) is 5.10 Å². The van der Waals surface area contributed by atoms with E-state index in [0.717, 1.165) is 11.3 Å². The van der Waals surface area contributed by atoms with Crippen molar-refractivity contribution in [3.63, 3.8) is 0 Å². The molecule has 0 aliphatic heterocycles. The topological polar surface area (TPSA) is 56.6 Å². The van der Waals surface area contributed by atoms with Gasteiger partial charge in [0, 0.05) is 12.3 Å². The lowest BCUT2D eigenvalue weighted by Gasteiger charge is -2.26. The fourth-order valence-corrected chi connectivity index (χ4v) is 3.39. The van der Waals surface area contributed by atoms with Gasteiger partial charge in [-0.2, -0.15) is 0 Å². The Labute approximate surface area is 156 Å². The van der Waals surface area contributed by atoms with E-state index in [0.29, 0.717) is 10.8 Å². The maximum absolute atomic E-state index is 12.6. The standard InChI is InChI=1S/C19H21N3O3S/c1-14-10-12-26-18(14)19(23)22(24-3)15(2)13-25-17-9-11-21(20-17)16-7-5-4-6-8-16/h4-12,15H,13H2,1-3H3. The van der Waals surface area contributed by atoms with Crippen molar-refractivity contribution in [2.75, 3.05) is 13.7 Å². The van der Waals surface area contributed by atoms with Gasteiger partial charge in [-0.05, 0) is 43.0 Å². The second-order valence-corrected chi connectivity index (χ2v) is 6.76. The number of hydrogen-bond donors (Lipinski definition) is 0. The van der Waals surface area contributed by atoms with Gasteiger partial charge in [0.25, 0.3) is 5.91 Å². The Morgan fingerprint density at radius 3 is 2.69 bits per heavy atom. The zero-order valence-electron chi connectivity index (χ0n) is 15.0. The summed E-state index contributed by atoms with van der Waals surface area (Å²) < 4.78 is 7.49. The summed E-state index contributed by atoms with van der Waals surface area (Å²) in [5.74, 6) is 0.336. The summed E-state index contributed by atoms with van der Waals surface area (Å²) in [6.45, 7) is 4.06. The van der Waals surface area contributed by atoms with Crippen LogP contribution in [0.1, 0.15) is 22.2 Å². The number of rotatable bonds is 7. The fraction of sp³-hybridized carbons (Fsp3) is 0.263. The molecule has 1 amide bonds. The second kappa shape index (κ2) is 8.16. The van der Waals surface area contributed by atoms with Crippen molar-refractivity contribution in [2.24, 2.45) is 0 Å². The van der Waals surface area contributed by atoms with Crippen molar-refractivity contribution in [1.29, 1.82) is 0 Å². The predicted molar refractivity (Wildman–Crippen MR) is 101 cm³/mol. The number of aryl methyl sites for hydroxylation is 1. The Bertz CT molecular complexity index is 860. The van der Waals surface area contributed by atoms with Crippen LogP contribution in [0.15, 0.2) is 54.0 Å². The lowest BCUT2D eigenvalue weighted by Crippen LogP contribution is -2.41. The summed E-state index contributed by atoms with van der Waals surface area (Å²) in [7, 11) is 1.49. The van der Waals surface area contributed by atoms with Crippen molar-refractivity contribution in [2.45, 2.75) is 19.9 Å². The molecule has 7 heteroatoms. The molecule has 0 aliphatic rings. The van der Waals surface area contributed by atoms with Crippen LogP contribution in [0, 0.1) is 6.92 Å².